The van der Waals surface area contributed by atoms with Crippen molar-refractivity contribution in [3.8, 4) is 28.7 Å². The summed E-state index contributed by atoms with van der Waals surface area (Å²) in [6.45, 7) is 5.12. The summed E-state index contributed by atoms with van der Waals surface area (Å²) in [7, 11) is 1.53. The van der Waals surface area contributed by atoms with Crippen LogP contribution in [0, 0.1) is 0 Å². The highest BCUT2D eigenvalue weighted by atomic mass is 16.7. The second-order valence-electron chi connectivity index (χ2n) is 9.76. The summed E-state index contributed by atoms with van der Waals surface area (Å²) in [5, 5.41) is 3.20. The molecule has 0 spiro atoms. The lowest BCUT2D eigenvalue weighted by molar-refractivity contribution is 0.0512. The van der Waals surface area contributed by atoms with Gasteiger partial charge in [0.05, 0.1) is 24.4 Å². The third-order valence-corrected chi connectivity index (χ3v) is 6.67. The van der Waals surface area contributed by atoms with E-state index >= 15 is 0 Å². The van der Waals surface area contributed by atoms with E-state index in [1.807, 2.05) is 62.4 Å². The molecule has 4 aromatic carbocycles. The average molecular weight is 595 g/mol. The molecule has 0 saturated heterocycles. The van der Waals surface area contributed by atoms with Crippen LogP contribution >= 0.6 is 0 Å². The number of pyridine rings is 1. The van der Waals surface area contributed by atoms with Gasteiger partial charge in [-0.1, -0.05) is 36.4 Å². The van der Waals surface area contributed by atoms with Gasteiger partial charge in [-0.15, -0.1) is 0 Å². The average Bonchev–Trinajstić information content (AvgIpc) is 3.04. The Bertz CT molecular complexity index is 1780. The van der Waals surface area contributed by atoms with Gasteiger partial charge in [0.25, 0.3) is 5.91 Å². The lowest BCUT2D eigenvalue weighted by atomic mass is 10.1. The number of ether oxygens (including phenoxy) is 5. The van der Waals surface area contributed by atoms with Gasteiger partial charge in [0, 0.05) is 54.7 Å². The lowest BCUT2D eigenvalue weighted by Gasteiger charge is -2.17. The molecule has 44 heavy (non-hydrogen) atoms. The Morgan fingerprint density at radius 3 is 2.18 bits per heavy atom. The highest BCUT2D eigenvalue weighted by molar-refractivity contribution is 6.06. The number of amides is 1. The Kier molecular flexibility index (Phi) is 9.78. The smallest absolute Gasteiger partial charge is 0.261 e. The molecule has 1 heterocycles. The van der Waals surface area contributed by atoms with Gasteiger partial charge >= 0.3 is 0 Å². The molecule has 0 fully saturated rings. The van der Waals surface area contributed by atoms with Crippen molar-refractivity contribution in [3.05, 3.63) is 119 Å². The van der Waals surface area contributed by atoms with Crippen LogP contribution < -0.4 is 29.7 Å². The molecule has 9 nitrogen and oxygen atoms in total. The molecule has 0 bridgehead atoms. The third kappa shape index (κ3) is 7.19. The third-order valence-electron chi connectivity index (χ3n) is 6.67. The van der Waals surface area contributed by atoms with Crippen LogP contribution in [0.5, 0.6) is 23.0 Å². The van der Waals surface area contributed by atoms with Crippen molar-refractivity contribution < 1.29 is 28.5 Å². The van der Waals surface area contributed by atoms with Crippen molar-refractivity contribution in [2.45, 2.75) is 20.5 Å². The molecule has 0 atom stereocenters. The topological polar surface area (TPSA) is 97.2 Å². The predicted molar refractivity (Wildman–Crippen MR) is 170 cm³/mol. The molecule has 5 aromatic rings. The fourth-order valence-electron chi connectivity index (χ4n) is 4.70. The minimum Gasteiger partial charge on any atom is -0.494 e. The van der Waals surface area contributed by atoms with Gasteiger partial charge in [-0.3, -0.25) is 9.59 Å². The van der Waals surface area contributed by atoms with Crippen molar-refractivity contribution in [1.82, 2.24) is 4.57 Å². The van der Waals surface area contributed by atoms with Crippen LogP contribution in [0.1, 0.15) is 29.8 Å². The van der Waals surface area contributed by atoms with Crippen LogP contribution in [-0.4, -0.2) is 37.6 Å². The van der Waals surface area contributed by atoms with Crippen molar-refractivity contribution in [1.29, 1.82) is 0 Å². The van der Waals surface area contributed by atoms with E-state index in [-0.39, 0.29) is 12.4 Å². The Morgan fingerprint density at radius 2 is 1.48 bits per heavy atom. The zero-order chi connectivity index (χ0) is 30.9. The van der Waals surface area contributed by atoms with Crippen LogP contribution in [0.3, 0.4) is 0 Å². The van der Waals surface area contributed by atoms with E-state index in [0.717, 1.165) is 5.56 Å². The number of hydrogen-bond donors (Lipinski definition) is 1. The molecule has 0 saturated carbocycles. The molecule has 226 valence electrons. The first-order chi connectivity index (χ1) is 21.5. The van der Waals surface area contributed by atoms with Crippen molar-refractivity contribution >= 4 is 22.5 Å². The number of carbonyl (C=O) groups excluding carboxylic acids is 1. The van der Waals surface area contributed by atoms with E-state index in [4.69, 9.17) is 23.7 Å². The second kappa shape index (κ2) is 14.3. The van der Waals surface area contributed by atoms with Gasteiger partial charge in [0.1, 0.15) is 35.2 Å². The van der Waals surface area contributed by atoms with Crippen LogP contribution in [0.15, 0.2) is 102 Å². The van der Waals surface area contributed by atoms with Crippen LogP contribution in [0.2, 0.25) is 0 Å². The fourth-order valence-corrected chi connectivity index (χ4v) is 4.70. The van der Waals surface area contributed by atoms with Gasteiger partial charge in [-0.05, 0) is 43.7 Å². The van der Waals surface area contributed by atoms with Crippen LogP contribution in [-0.2, 0) is 11.3 Å². The van der Waals surface area contributed by atoms with E-state index in [2.05, 4.69) is 5.32 Å². The minimum absolute atomic E-state index is 0.0403. The number of hydrogen-bond acceptors (Lipinski definition) is 7. The summed E-state index contributed by atoms with van der Waals surface area (Å²) in [5.41, 5.74) is 2.22. The highest BCUT2D eigenvalue weighted by Gasteiger charge is 2.19. The molecule has 0 aliphatic heterocycles. The fraction of sp³-hybridized carbons (Fsp3) is 0.200. The van der Waals surface area contributed by atoms with Crippen LogP contribution in [0.4, 0.5) is 5.69 Å². The van der Waals surface area contributed by atoms with Gasteiger partial charge < -0.3 is 33.6 Å². The van der Waals surface area contributed by atoms with Crippen LogP contribution in [0.25, 0.3) is 16.6 Å². The Hall–Kier alpha value is -5.28. The summed E-state index contributed by atoms with van der Waals surface area (Å²) < 4.78 is 30.0. The Labute approximate surface area is 255 Å². The first-order valence-electron chi connectivity index (χ1n) is 14.3. The Morgan fingerprint density at radius 1 is 0.750 bits per heavy atom. The van der Waals surface area contributed by atoms with Gasteiger partial charge in [-0.2, -0.15) is 0 Å². The quantitative estimate of drug-likeness (QED) is 0.153. The van der Waals surface area contributed by atoms with Crippen molar-refractivity contribution in [2.24, 2.45) is 0 Å². The number of fused-ring (bicyclic) bond motifs is 1. The molecule has 5 rings (SSSR count). The number of benzene rings is 4. The first kappa shape index (κ1) is 30.2. The summed E-state index contributed by atoms with van der Waals surface area (Å²) in [4.78, 5) is 27.4. The van der Waals surface area contributed by atoms with E-state index in [1.165, 1.54) is 13.3 Å². The van der Waals surface area contributed by atoms with E-state index in [9.17, 15) is 9.59 Å². The molecule has 1 N–H and O–H groups in total. The number of aromatic nitrogens is 1. The number of nitrogens with one attached hydrogen (secondary N) is 1. The number of nitrogens with zero attached hydrogens (tertiary/aromatic N) is 1. The van der Waals surface area contributed by atoms with E-state index < -0.39 is 11.3 Å². The standard InChI is InChI=1S/C35H34N2O7/c1-4-41-29-17-26(18-30(19-29)42-5-2)37-21-32(34(38)31-15-14-28(20-33(31)37)44-23-40-3)35(39)36-25-12-9-13-27(16-25)43-22-24-10-7-6-8-11-24/h6-21H,4-5,22-23H2,1-3H3,(H,36,39). The summed E-state index contributed by atoms with van der Waals surface area (Å²) >= 11 is 0. The van der Waals surface area contributed by atoms with Crippen molar-refractivity contribution in [3.63, 3.8) is 0 Å². The highest BCUT2D eigenvalue weighted by Crippen LogP contribution is 2.29. The second-order valence-corrected chi connectivity index (χ2v) is 9.76. The number of carbonyl (C=O) groups is 1. The number of anilines is 1. The van der Waals surface area contributed by atoms with Crippen molar-refractivity contribution in [2.75, 3.05) is 32.4 Å². The van der Waals surface area contributed by atoms with Gasteiger partial charge in [0.2, 0.25) is 5.43 Å². The maximum Gasteiger partial charge on any atom is 0.261 e. The molecule has 9 heteroatoms. The van der Waals surface area contributed by atoms with Gasteiger partial charge in [-0.25, -0.2) is 0 Å². The molecular formula is C35H34N2O7. The first-order valence-corrected chi connectivity index (χ1v) is 14.3. The lowest BCUT2D eigenvalue weighted by Crippen LogP contribution is -2.23. The zero-order valence-corrected chi connectivity index (χ0v) is 24.9. The Balaban J connectivity index is 1.54. The minimum atomic E-state index is -0.559. The number of methoxy groups -OCH3 is 1. The summed E-state index contributed by atoms with van der Waals surface area (Å²) in [6, 6.07) is 27.4. The van der Waals surface area contributed by atoms with E-state index in [0.29, 0.717) is 65.1 Å². The van der Waals surface area contributed by atoms with E-state index in [1.54, 1.807) is 47.0 Å². The largest absolute Gasteiger partial charge is 0.494 e. The molecule has 0 radical (unpaired) electrons. The van der Waals surface area contributed by atoms with Gasteiger partial charge in [0.15, 0.2) is 6.79 Å². The maximum atomic E-state index is 13.7. The summed E-state index contributed by atoms with van der Waals surface area (Å²) in [6.07, 6.45) is 1.52. The predicted octanol–water partition coefficient (Wildman–Crippen LogP) is 6.60. The summed E-state index contributed by atoms with van der Waals surface area (Å²) in [5.74, 6) is 1.71. The number of rotatable bonds is 13. The molecule has 0 aliphatic rings. The SMILES string of the molecule is CCOc1cc(OCC)cc(-n2cc(C(=O)Nc3cccc(OCc4ccccc4)c3)c(=O)c3ccc(OCOC)cc32)c1. The molecule has 0 aliphatic carbocycles. The zero-order valence-electron chi connectivity index (χ0n) is 24.9. The maximum absolute atomic E-state index is 13.7. The molecule has 0 unspecified atom stereocenters. The molecule has 1 amide bonds. The monoisotopic (exact) mass is 594 g/mol. The molecular weight excluding hydrogens is 560 g/mol. The normalized spacial score (nSPS) is 10.8. The molecule has 1 aromatic heterocycles.